The summed E-state index contributed by atoms with van der Waals surface area (Å²) in [5, 5.41) is 17.4. The van der Waals surface area contributed by atoms with Crippen molar-refractivity contribution in [2.24, 2.45) is 0 Å². The summed E-state index contributed by atoms with van der Waals surface area (Å²) in [6.07, 6.45) is 3.11. The fourth-order valence-electron chi connectivity index (χ4n) is 3.53. The number of hydrogen-bond donors (Lipinski definition) is 1. The summed E-state index contributed by atoms with van der Waals surface area (Å²) in [6.45, 7) is 7.71. The van der Waals surface area contributed by atoms with Gasteiger partial charge >= 0.3 is 0 Å². The summed E-state index contributed by atoms with van der Waals surface area (Å²) < 4.78 is 7.75. The van der Waals surface area contributed by atoms with Crippen molar-refractivity contribution in [2.75, 3.05) is 19.7 Å². The number of ether oxygens (including phenoxy) is 1. The van der Waals surface area contributed by atoms with Crippen molar-refractivity contribution < 1.29 is 4.74 Å². The zero-order chi connectivity index (χ0) is 17.6. The first kappa shape index (κ1) is 17.5. The summed E-state index contributed by atoms with van der Waals surface area (Å²) in [5.74, 6) is 1.26. The highest BCUT2D eigenvalue weighted by Gasteiger charge is 2.20. The number of nitrogens with one attached hydrogen (secondary N) is 1. The van der Waals surface area contributed by atoms with Gasteiger partial charge in [-0.25, -0.2) is 0 Å². The molecule has 0 aliphatic carbocycles. The van der Waals surface area contributed by atoms with E-state index in [-0.39, 0.29) is 0 Å². The smallest absolute Gasteiger partial charge is 0.137 e. The number of aryl methyl sites for hydroxylation is 1. The molecule has 0 spiro atoms. The molecule has 0 saturated carbocycles. The molecule has 1 aliphatic heterocycles. The van der Waals surface area contributed by atoms with Gasteiger partial charge in [0.25, 0.3) is 0 Å². The van der Waals surface area contributed by atoms with Crippen LogP contribution in [0.25, 0.3) is 0 Å². The van der Waals surface area contributed by atoms with Gasteiger partial charge in [-0.15, -0.1) is 0 Å². The Bertz CT molecular complexity index is 754. The molecule has 1 saturated heterocycles. The van der Waals surface area contributed by atoms with E-state index < -0.39 is 0 Å². The Morgan fingerprint density at radius 3 is 2.76 bits per heavy atom. The molecule has 3 rings (SSSR count). The molecule has 1 N–H and O–H groups in total. The average molecular weight is 338 g/mol. The van der Waals surface area contributed by atoms with Crippen LogP contribution >= 0.6 is 0 Å². The SMILES string of the molecule is CCOc1cc(Cc2cc(C3CCNCC3)n(CC)n2)ccc1C#N. The first-order valence-corrected chi connectivity index (χ1v) is 9.18. The Morgan fingerprint density at radius 2 is 2.08 bits per heavy atom. The number of nitriles is 1. The van der Waals surface area contributed by atoms with Crippen LogP contribution in [0.5, 0.6) is 5.75 Å². The highest BCUT2D eigenvalue weighted by Crippen LogP contribution is 2.27. The maximum Gasteiger partial charge on any atom is 0.137 e. The maximum absolute atomic E-state index is 9.19. The molecule has 0 bridgehead atoms. The largest absolute Gasteiger partial charge is 0.492 e. The van der Waals surface area contributed by atoms with Gasteiger partial charge in [0.05, 0.1) is 17.9 Å². The number of rotatable bonds is 6. The average Bonchev–Trinajstić information content (AvgIpc) is 3.06. The van der Waals surface area contributed by atoms with Gasteiger partial charge in [0.2, 0.25) is 0 Å². The quantitative estimate of drug-likeness (QED) is 0.878. The van der Waals surface area contributed by atoms with E-state index in [0.29, 0.717) is 23.8 Å². The zero-order valence-electron chi connectivity index (χ0n) is 15.1. The molecular formula is C20H26N4O. The lowest BCUT2D eigenvalue weighted by atomic mass is 9.94. The molecule has 2 heterocycles. The third-order valence-electron chi connectivity index (χ3n) is 4.77. The van der Waals surface area contributed by atoms with E-state index in [0.717, 1.165) is 37.3 Å². The molecule has 132 valence electrons. The number of benzene rings is 1. The van der Waals surface area contributed by atoms with Crippen LogP contribution in [-0.2, 0) is 13.0 Å². The molecule has 1 aromatic carbocycles. The molecule has 1 aromatic heterocycles. The molecule has 1 aliphatic rings. The second kappa shape index (κ2) is 8.17. The Morgan fingerprint density at radius 1 is 1.28 bits per heavy atom. The molecular weight excluding hydrogens is 312 g/mol. The summed E-state index contributed by atoms with van der Waals surface area (Å²) >= 11 is 0. The first-order valence-electron chi connectivity index (χ1n) is 9.18. The topological polar surface area (TPSA) is 62.9 Å². The monoisotopic (exact) mass is 338 g/mol. The molecule has 1 fully saturated rings. The minimum atomic E-state index is 0.558. The Labute approximate surface area is 149 Å². The highest BCUT2D eigenvalue weighted by molar-refractivity contribution is 5.46. The molecule has 5 heteroatoms. The second-order valence-electron chi connectivity index (χ2n) is 6.45. The molecule has 0 radical (unpaired) electrons. The summed E-state index contributed by atoms with van der Waals surface area (Å²) in [5.41, 5.74) is 4.15. The fourth-order valence-corrected chi connectivity index (χ4v) is 3.53. The Balaban J connectivity index is 1.82. The van der Waals surface area contributed by atoms with Crippen molar-refractivity contribution in [3.8, 4) is 11.8 Å². The zero-order valence-corrected chi connectivity index (χ0v) is 15.1. The van der Waals surface area contributed by atoms with Gasteiger partial charge in [0, 0.05) is 24.6 Å². The van der Waals surface area contributed by atoms with Crippen molar-refractivity contribution in [2.45, 2.75) is 45.6 Å². The van der Waals surface area contributed by atoms with Gasteiger partial charge in [-0.1, -0.05) is 6.07 Å². The first-order chi connectivity index (χ1) is 12.2. The van der Waals surface area contributed by atoms with Crippen molar-refractivity contribution in [1.29, 1.82) is 5.26 Å². The lowest BCUT2D eigenvalue weighted by molar-refractivity contribution is 0.339. The Hall–Kier alpha value is -2.32. The normalized spacial score (nSPS) is 15.1. The molecule has 2 aromatic rings. The van der Waals surface area contributed by atoms with Crippen molar-refractivity contribution >= 4 is 0 Å². The fraction of sp³-hybridized carbons (Fsp3) is 0.500. The number of nitrogens with zero attached hydrogens (tertiary/aromatic N) is 3. The molecule has 5 nitrogen and oxygen atoms in total. The summed E-state index contributed by atoms with van der Waals surface area (Å²) in [7, 11) is 0. The number of piperidine rings is 1. The Kier molecular flexibility index (Phi) is 5.72. The van der Waals surface area contributed by atoms with Crippen LogP contribution < -0.4 is 10.1 Å². The van der Waals surface area contributed by atoms with Crippen LogP contribution in [0.2, 0.25) is 0 Å². The van der Waals surface area contributed by atoms with Crippen molar-refractivity contribution in [1.82, 2.24) is 15.1 Å². The van der Waals surface area contributed by atoms with Crippen LogP contribution in [0.15, 0.2) is 24.3 Å². The molecule has 0 unspecified atom stereocenters. The summed E-state index contributed by atoms with van der Waals surface area (Å²) in [4.78, 5) is 0. The number of hydrogen-bond acceptors (Lipinski definition) is 4. The lowest BCUT2D eigenvalue weighted by Crippen LogP contribution is -2.27. The highest BCUT2D eigenvalue weighted by atomic mass is 16.5. The van der Waals surface area contributed by atoms with Gasteiger partial charge in [-0.3, -0.25) is 4.68 Å². The van der Waals surface area contributed by atoms with Gasteiger partial charge in [0.1, 0.15) is 11.8 Å². The maximum atomic E-state index is 9.19. The third kappa shape index (κ3) is 4.02. The van der Waals surface area contributed by atoms with Crippen molar-refractivity contribution in [3.63, 3.8) is 0 Å². The number of aromatic nitrogens is 2. The van der Waals surface area contributed by atoms with Crippen LogP contribution in [0.1, 0.15) is 55.1 Å². The summed E-state index contributed by atoms with van der Waals surface area (Å²) in [6, 6.07) is 10.3. The van der Waals surface area contributed by atoms with Crippen molar-refractivity contribution in [3.05, 3.63) is 46.8 Å². The van der Waals surface area contributed by atoms with Crippen LogP contribution in [-0.4, -0.2) is 29.5 Å². The standard InChI is InChI=1S/C20H26N4O/c1-3-24-19(16-7-9-22-10-8-16)13-18(23-24)11-15-5-6-17(14-21)20(12-15)25-4-2/h5-6,12-13,16,22H,3-4,7-11H2,1-2H3. The predicted molar refractivity (Wildman–Crippen MR) is 97.9 cm³/mol. The van der Waals surface area contributed by atoms with Gasteiger partial charge in [0.15, 0.2) is 0 Å². The van der Waals surface area contributed by atoms with E-state index in [1.54, 1.807) is 0 Å². The molecule has 0 atom stereocenters. The van der Waals surface area contributed by atoms with Gasteiger partial charge < -0.3 is 10.1 Å². The van der Waals surface area contributed by atoms with Gasteiger partial charge in [-0.2, -0.15) is 10.4 Å². The third-order valence-corrected chi connectivity index (χ3v) is 4.77. The van der Waals surface area contributed by atoms with E-state index in [2.05, 4.69) is 29.1 Å². The van der Waals surface area contributed by atoms with Crippen LogP contribution in [0.3, 0.4) is 0 Å². The van der Waals surface area contributed by atoms with E-state index >= 15 is 0 Å². The second-order valence-corrected chi connectivity index (χ2v) is 6.45. The van der Waals surface area contributed by atoms with Crippen LogP contribution in [0.4, 0.5) is 0 Å². The van der Waals surface area contributed by atoms with E-state index in [4.69, 9.17) is 9.84 Å². The lowest BCUT2D eigenvalue weighted by Gasteiger charge is -2.23. The predicted octanol–water partition coefficient (Wildman–Crippen LogP) is 3.23. The molecule has 25 heavy (non-hydrogen) atoms. The van der Waals surface area contributed by atoms with Crippen LogP contribution in [0, 0.1) is 11.3 Å². The van der Waals surface area contributed by atoms with Gasteiger partial charge in [-0.05, 0) is 63.5 Å². The minimum absolute atomic E-state index is 0.558. The minimum Gasteiger partial charge on any atom is -0.492 e. The van der Waals surface area contributed by atoms with E-state index in [9.17, 15) is 5.26 Å². The van der Waals surface area contributed by atoms with E-state index in [1.165, 1.54) is 18.5 Å². The molecule has 0 amide bonds. The van der Waals surface area contributed by atoms with E-state index in [1.807, 2.05) is 25.1 Å².